The molecule has 1 unspecified atom stereocenters. The number of carbonyl (C=O) groups is 1. The van der Waals surface area contributed by atoms with Crippen LogP contribution in [-0.2, 0) is 21.2 Å². The summed E-state index contributed by atoms with van der Waals surface area (Å²) >= 11 is 1.55. The van der Waals surface area contributed by atoms with Crippen LogP contribution in [0.2, 0.25) is 0 Å². The first kappa shape index (κ1) is 16.7. The fourth-order valence-electron chi connectivity index (χ4n) is 2.06. The first-order valence-corrected chi connectivity index (χ1v) is 9.12. The van der Waals surface area contributed by atoms with Crippen molar-refractivity contribution in [3.63, 3.8) is 0 Å². The monoisotopic (exact) mass is 338 g/mol. The number of hydrogen-bond donors (Lipinski definition) is 1. The maximum atomic E-state index is 12.3. The first-order valence-electron chi connectivity index (χ1n) is 6.70. The molecule has 0 aliphatic heterocycles. The Bertz CT molecular complexity index is 738. The highest BCUT2D eigenvalue weighted by atomic mass is 32.2. The lowest BCUT2D eigenvalue weighted by Gasteiger charge is -2.25. The topological polar surface area (TPSA) is 80.5 Å². The average molecular weight is 338 g/mol. The molecule has 1 heterocycles. The van der Waals surface area contributed by atoms with E-state index < -0.39 is 10.0 Å². The van der Waals surface area contributed by atoms with Crippen LogP contribution >= 0.6 is 11.3 Å². The Balaban J connectivity index is 2.09. The van der Waals surface area contributed by atoms with E-state index in [1.54, 1.807) is 35.4 Å². The minimum atomic E-state index is -3.70. The lowest BCUT2D eigenvalue weighted by molar-refractivity contribution is -0.131. The molecule has 0 aliphatic rings. The number of thiophene rings is 1. The molecule has 0 radical (unpaired) electrons. The van der Waals surface area contributed by atoms with Crippen LogP contribution in [0.4, 0.5) is 0 Å². The summed E-state index contributed by atoms with van der Waals surface area (Å²) in [7, 11) is -1.95. The van der Waals surface area contributed by atoms with E-state index in [-0.39, 0.29) is 16.8 Å². The molecule has 0 spiro atoms. The first-order chi connectivity index (χ1) is 10.3. The van der Waals surface area contributed by atoms with Crippen LogP contribution in [0.1, 0.15) is 23.4 Å². The Hall–Kier alpha value is -1.70. The van der Waals surface area contributed by atoms with Gasteiger partial charge in [-0.15, -0.1) is 11.3 Å². The molecular formula is C15H18N2O3S2. The molecule has 22 heavy (non-hydrogen) atoms. The maximum absolute atomic E-state index is 12.3. The molecular weight excluding hydrogens is 320 g/mol. The van der Waals surface area contributed by atoms with Gasteiger partial charge in [-0.2, -0.15) is 0 Å². The van der Waals surface area contributed by atoms with Crippen LogP contribution in [0.15, 0.2) is 46.7 Å². The Morgan fingerprint density at radius 2 is 1.91 bits per heavy atom. The fraction of sp³-hybridized carbons (Fsp3) is 0.267. The van der Waals surface area contributed by atoms with Crippen LogP contribution in [0.3, 0.4) is 0 Å². The van der Waals surface area contributed by atoms with Gasteiger partial charge in [-0.25, -0.2) is 13.6 Å². The minimum absolute atomic E-state index is 0.0190. The average Bonchev–Trinajstić information content (AvgIpc) is 2.97. The predicted octanol–water partition coefficient (Wildman–Crippen LogP) is 2.16. The van der Waals surface area contributed by atoms with Crippen molar-refractivity contribution in [2.24, 2.45) is 5.14 Å². The van der Waals surface area contributed by atoms with Crippen LogP contribution in [-0.4, -0.2) is 26.3 Å². The summed E-state index contributed by atoms with van der Waals surface area (Å²) < 4.78 is 22.5. The van der Waals surface area contributed by atoms with E-state index in [0.29, 0.717) is 6.42 Å². The van der Waals surface area contributed by atoms with Gasteiger partial charge in [-0.1, -0.05) is 18.2 Å². The number of amides is 1. The number of likely N-dealkylation sites (N-methyl/N-ethyl adjacent to an activating group) is 1. The highest BCUT2D eigenvalue weighted by molar-refractivity contribution is 7.89. The van der Waals surface area contributed by atoms with Crippen molar-refractivity contribution in [2.45, 2.75) is 24.3 Å². The standard InChI is InChI=1S/C15H18N2O3S2/c1-11(12-5-7-14(8-6-12)22(16,19)20)17(2)15(18)10-13-4-3-9-21-13/h3-9,11H,10H2,1-2H3,(H2,16,19,20). The second-order valence-corrected chi connectivity index (χ2v) is 7.64. The van der Waals surface area contributed by atoms with E-state index in [2.05, 4.69) is 0 Å². The summed E-state index contributed by atoms with van der Waals surface area (Å²) in [5.41, 5.74) is 0.856. The smallest absolute Gasteiger partial charge is 0.238 e. The third kappa shape index (κ3) is 3.94. The fourth-order valence-corrected chi connectivity index (χ4v) is 3.27. The molecule has 0 saturated carbocycles. The van der Waals surface area contributed by atoms with Gasteiger partial charge in [0.25, 0.3) is 0 Å². The van der Waals surface area contributed by atoms with E-state index >= 15 is 0 Å². The molecule has 1 amide bonds. The van der Waals surface area contributed by atoms with Crippen molar-refractivity contribution < 1.29 is 13.2 Å². The Morgan fingerprint density at radius 1 is 1.27 bits per heavy atom. The van der Waals surface area contributed by atoms with Gasteiger partial charge in [-0.05, 0) is 36.1 Å². The second kappa shape index (κ2) is 6.60. The largest absolute Gasteiger partial charge is 0.339 e. The van der Waals surface area contributed by atoms with E-state index in [1.165, 1.54) is 12.1 Å². The SMILES string of the molecule is CC(c1ccc(S(N)(=O)=O)cc1)N(C)C(=O)Cc1cccs1. The number of hydrogen-bond acceptors (Lipinski definition) is 4. The molecule has 0 fully saturated rings. The molecule has 2 N–H and O–H groups in total. The van der Waals surface area contributed by atoms with Gasteiger partial charge in [-0.3, -0.25) is 4.79 Å². The van der Waals surface area contributed by atoms with Gasteiger partial charge in [0.15, 0.2) is 0 Å². The Kier molecular flexibility index (Phi) is 5.00. The number of sulfonamides is 1. The van der Waals surface area contributed by atoms with Crippen LogP contribution < -0.4 is 5.14 Å². The summed E-state index contributed by atoms with van der Waals surface area (Å²) in [6.07, 6.45) is 0.369. The van der Waals surface area contributed by atoms with Crippen LogP contribution in [0.25, 0.3) is 0 Å². The lowest BCUT2D eigenvalue weighted by Crippen LogP contribution is -2.30. The van der Waals surface area contributed by atoms with Crippen molar-refractivity contribution >= 4 is 27.3 Å². The highest BCUT2D eigenvalue weighted by Crippen LogP contribution is 2.21. The number of benzene rings is 1. The summed E-state index contributed by atoms with van der Waals surface area (Å²) in [4.78, 5) is 15.0. The lowest BCUT2D eigenvalue weighted by atomic mass is 10.1. The number of rotatable bonds is 5. The molecule has 2 rings (SSSR count). The van der Waals surface area contributed by atoms with Gasteiger partial charge in [0.1, 0.15) is 0 Å². The van der Waals surface area contributed by atoms with Crippen LogP contribution in [0.5, 0.6) is 0 Å². The summed E-state index contributed by atoms with van der Waals surface area (Å²) in [6.45, 7) is 1.90. The predicted molar refractivity (Wildman–Crippen MR) is 87.0 cm³/mol. The number of nitrogens with zero attached hydrogens (tertiary/aromatic N) is 1. The van der Waals surface area contributed by atoms with Crippen molar-refractivity contribution in [2.75, 3.05) is 7.05 Å². The van der Waals surface area contributed by atoms with E-state index in [1.807, 2.05) is 24.4 Å². The zero-order valence-electron chi connectivity index (χ0n) is 12.4. The minimum Gasteiger partial charge on any atom is -0.339 e. The molecule has 1 aromatic carbocycles. The molecule has 1 aromatic heterocycles. The molecule has 5 nitrogen and oxygen atoms in total. The van der Waals surface area contributed by atoms with E-state index in [0.717, 1.165) is 10.4 Å². The van der Waals surface area contributed by atoms with Crippen molar-refractivity contribution in [1.82, 2.24) is 4.90 Å². The van der Waals surface area contributed by atoms with Gasteiger partial charge in [0, 0.05) is 11.9 Å². The normalized spacial score (nSPS) is 12.9. The molecule has 0 saturated heterocycles. The summed E-state index contributed by atoms with van der Waals surface area (Å²) in [6, 6.07) is 9.97. The molecule has 0 bridgehead atoms. The number of nitrogens with two attached hydrogens (primary N) is 1. The zero-order chi connectivity index (χ0) is 16.3. The van der Waals surface area contributed by atoms with Crippen molar-refractivity contribution in [3.05, 3.63) is 52.2 Å². The van der Waals surface area contributed by atoms with Crippen molar-refractivity contribution in [3.8, 4) is 0 Å². The van der Waals surface area contributed by atoms with Gasteiger partial charge >= 0.3 is 0 Å². The van der Waals surface area contributed by atoms with Crippen molar-refractivity contribution in [1.29, 1.82) is 0 Å². The number of primary sulfonamides is 1. The molecule has 1 atom stereocenters. The maximum Gasteiger partial charge on any atom is 0.238 e. The zero-order valence-corrected chi connectivity index (χ0v) is 14.0. The molecule has 7 heteroatoms. The second-order valence-electron chi connectivity index (χ2n) is 5.05. The number of carbonyl (C=O) groups excluding carboxylic acids is 1. The third-order valence-electron chi connectivity index (χ3n) is 3.57. The third-order valence-corrected chi connectivity index (χ3v) is 5.38. The van der Waals surface area contributed by atoms with E-state index in [4.69, 9.17) is 5.14 Å². The van der Waals surface area contributed by atoms with E-state index in [9.17, 15) is 13.2 Å². The molecule has 2 aromatic rings. The van der Waals surface area contributed by atoms with Crippen LogP contribution in [0, 0.1) is 0 Å². The molecule has 0 aliphatic carbocycles. The Morgan fingerprint density at radius 3 is 2.41 bits per heavy atom. The molecule has 118 valence electrons. The summed E-state index contributed by atoms with van der Waals surface area (Å²) in [5.74, 6) is 0.0190. The Labute approximate surface area is 134 Å². The van der Waals surface area contributed by atoms with Gasteiger partial charge in [0.2, 0.25) is 15.9 Å². The van der Waals surface area contributed by atoms with Gasteiger partial charge in [0.05, 0.1) is 17.4 Å². The summed E-state index contributed by atoms with van der Waals surface area (Å²) in [5, 5.41) is 7.02. The quantitative estimate of drug-likeness (QED) is 0.907. The van der Waals surface area contributed by atoms with Gasteiger partial charge < -0.3 is 4.90 Å². The highest BCUT2D eigenvalue weighted by Gasteiger charge is 2.18.